The molecule has 0 unspecified atom stereocenters. The second-order valence-electron chi connectivity index (χ2n) is 6.83. The Morgan fingerprint density at radius 1 is 1.14 bits per heavy atom. The second kappa shape index (κ2) is 9.60. The number of hydrogen-bond donors (Lipinski definition) is 1. The number of nitrogens with zero attached hydrogens (tertiary/aromatic N) is 5. The summed E-state index contributed by atoms with van der Waals surface area (Å²) in [5.41, 5.74) is 4.12. The summed E-state index contributed by atoms with van der Waals surface area (Å²) in [5.74, 6) is 0.988. The molecule has 1 aromatic carbocycles. The van der Waals surface area contributed by atoms with Crippen molar-refractivity contribution in [2.45, 2.75) is 33.9 Å². The maximum Gasteiger partial charge on any atom is 0.222 e. The van der Waals surface area contributed by atoms with E-state index in [1.54, 1.807) is 18.6 Å². The number of anilines is 1. The fourth-order valence-electron chi connectivity index (χ4n) is 2.81. The van der Waals surface area contributed by atoms with E-state index in [1.807, 2.05) is 37.6 Å². The quantitative estimate of drug-likeness (QED) is 0.593. The number of rotatable bonds is 8. The minimum atomic E-state index is 0.404. The molecule has 0 atom stereocenters. The number of allylic oxidation sites excluding steroid dienone is 1. The van der Waals surface area contributed by atoms with Crippen molar-refractivity contribution in [2.24, 2.45) is 10.9 Å². The Balaban J connectivity index is 1.65. The Bertz CT molecular complexity index is 923. The predicted octanol–water partition coefficient (Wildman–Crippen LogP) is 4.42. The van der Waals surface area contributed by atoms with Crippen molar-refractivity contribution in [1.29, 1.82) is 0 Å². The third kappa shape index (κ3) is 5.36. The number of benzene rings is 1. The van der Waals surface area contributed by atoms with E-state index >= 15 is 0 Å². The SMILES string of the molecule is CC=N/C(=C\C(C)C)c1cnc(NCc2cncn2Cc2ccccc2)nc1. The molecule has 6 nitrogen and oxygen atoms in total. The van der Waals surface area contributed by atoms with Crippen LogP contribution in [0.3, 0.4) is 0 Å². The van der Waals surface area contributed by atoms with Crippen LogP contribution >= 0.6 is 0 Å². The molecule has 0 amide bonds. The summed E-state index contributed by atoms with van der Waals surface area (Å²) in [6, 6.07) is 10.3. The fraction of sp³-hybridized carbons (Fsp3) is 0.273. The monoisotopic (exact) mass is 374 g/mol. The molecule has 6 heteroatoms. The Kier molecular flexibility index (Phi) is 6.68. The van der Waals surface area contributed by atoms with Crippen LogP contribution in [-0.2, 0) is 13.1 Å². The van der Waals surface area contributed by atoms with Crippen molar-refractivity contribution in [3.8, 4) is 0 Å². The zero-order valence-corrected chi connectivity index (χ0v) is 16.6. The van der Waals surface area contributed by atoms with Crippen molar-refractivity contribution in [2.75, 3.05) is 5.32 Å². The van der Waals surface area contributed by atoms with Gasteiger partial charge in [-0.3, -0.25) is 4.99 Å². The molecule has 0 saturated heterocycles. The largest absolute Gasteiger partial charge is 0.349 e. The van der Waals surface area contributed by atoms with Gasteiger partial charge in [0.2, 0.25) is 5.95 Å². The van der Waals surface area contributed by atoms with Gasteiger partial charge in [-0.05, 0) is 18.4 Å². The molecule has 0 aliphatic rings. The van der Waals surface area contributed by atoms with E-state index in [-0.39, 0.29) is 0 Å². The molecule has 0 saturated carbocycles. The van der Waals surface area contributed by atoms with Crippen LogP contribution in [0, 0.1) is 5.92 Å². The van der Waals surface area contributed by atoms with E-state index in [0.29, 0.717) is 18.4 Å². The summed E-state index contributed by atoms with van der Waals surface area (Å²) in [7, 11) is 0. The average Bonchev–Trinajstić information content (AvgIpc) is 3.14. The molecule has 0 bridgehead atoms. The molecular formula is C22H26N6. The van der Waals surface area contributed by atoms with Crippen molar-refractivity contribution >= 4 is 17.9 Å². The van der Waals surface area contributed by atoms with Gasteiger partial charge in [-0.1, -0.05) is 50.3 Å². The zero-order valence-electron chi connectivity index (χ0n) is 16.6. The lowest BCUT2D eigenvalue weighted by molar-refractivity contribution is 0.747. The zero-order chi connectivity index (χ0) is 19.8. The van der Waals surface area contributed by atoms with Crippen LogP contribution in [0.1, 0.15) is 37.6 Å². The molecule has 2 aromatic heterocycles. The van der Waals surface area contributed by atoms with Crippen molar-refractivity contribution in [3.05, 3.63) is 78.1 Å². The number of aromatic nitrogens is 4. The fourth-order valence-corrected chi connectivity index (χ4v) is 2.81. The van der Waals surface area contributed by atoms with Gasteiger partial charge in [-0.2, -0.15) is 0 Å². The molecular weight excluding hydrogens is 348 g/mol. The summed E-state index contributed by atoms with van der Waals surface area (Å²) in [6.07, 6.45) is 11.2. The van der Waals surface area contributed by atoms with Gasteiger partial charge in [-0.25, -0.2) is 15.0 Å². The molecule has 28 heavy (non-hydrogen) atoms. The topological polar surface area (TPSA) is 68.0 Å². The summed E-state index contributed by atoms with van der Waals surface area (Å²) in [6.45, 7) is 7.55. The maximum absolute atomic E-state index is 4.44. The smallest absolute Gasteiger partial charge is 0.222 e. The Hall–Kier alpha value is -3.28. The van der Waals surface area contributed by atoms with Gasteiger partial charge < -0.3 is 9.88 Å². The van der Waals surface area contributed by atoms with Gasteiger partial charge in [-0.15, -0.1) is 0 Å². The molecule has 1 N–H and O–H groups in total. The van der Waals surface area contributed by atoms with E-state index in [0.717, 1.165) is 23.5 Å². The lowest BCUT2D eigenvalue weighted by Crippen LogP contribution is -2.09. The van der Waals surface area contributed by atoms with Crippen LogP contribution in [0.15, 0.2) is 66.3 Å². The Morgan fingerprint density at radius 2 is 1.89 bits per heavy atom. The molecule has 3 rings (SSSR count). The van der Waals surface area contributed by atoms with Gasteiger partial charge in [0.15, 0.2) is 0 Å². The van der Waals surface area contributed by atoms with Gasteiger partial charge >= 0.3 is 0 Å². The number of nitrogens with one attached hydrogen (secondary N) is 1. The van der Waals surface area contributed by atoms with Crippen LogP contribution in [0.4, 0.5) is 5.95 Å². The molecule has 3 aromatic rings. The number of hydrogen-bond acceptors (Lipinski definition) is 5. The lowest BCUT2D eigenvalue weighted by atomic mass is 10.1. The van der Waals surface area contributed by atoms with Gasteiger partial charge in [0.1, 0.15) is 0 Å². The molecule has 2 heterocycles. The van der Waals surface area contributed by atoms with Crippen molar-refractivity contribution in [1.82, 2.24) is 19.5 Å². The van der Waals surface area contributed by atoms with Gasteiger partial charge in [0.05, 0.1) is 24.3 Å². The van der Waals surface area contributed by atoms with Crippen LogP contribution in [0.2, 0.25) is 0 Å². The first-order valence-corrected chi connectivity index (χ1v) is 9.45. The normalized spacial score (nSPS) is 12.1. The first-order chi connectivity index (χ1) is 13.7. The molecule has 0 aliphatic heterocycles. The van der Waals surface area contributed by atoms with E-state index in [9.17, 15) is 0 Å². The highest BCUT2D eigenvalue weighted by molar-refractivity contribution is 5.72. The molecule has 0 aliphatic carbocycles. The van der Waals surface area contributed by atoms with E-state index in [2.05, 4.69) is 61.9 Å². The van der Waals surface area contributed by atoms with Crippen LogP contribution in [0.25, 0.3) is 5.70 Å². The van der Waals surface area contributed by atoms with Crippen LogP contribution in [-0.4, -0.2) is 25.7 Å². The summed E-state index contributed by atoms with van der Waals surface area (Å²) in [5, 5.41) is 3.27. The summed E-state index contributed by atoms with van der Waals surface area (Å²) >= 11 is 0. The average molecular weight is 374 g/mol. The van der Waals surface area contributed by atoms with Crippen molar-refractivity contribution in [3.63, 3.8) is 0 Å². The third-order valence-corrected chi connectivity index (χ3v) is 4.13. The van der Waals surface area contributed by atoms with Crippen LogP contribution < -0.4 is 5.32 Å². The van der Waals surface area contributed by atoms with E-state index in [4.69, 9.17) is 0 Å². The highest BCUT2D eigenvalue weighted by Crippen LogP contribution is 2.17. The molecule has 144 valence electrons. The number of aliphatic imine (C=N–C) groups is 1. The maximum atomic E-state index is 4.44. The minimum Gasteiger partial charge on any atom is -0.349 e. The Labute approximate surface area is 166 Å². The summed E-state index contributed by atoms with van der Waals surface area (Å²) in [4.78, 5) is 17.6. The highest BCUT2D eigenvalue weighted by Gasteiger charge is 2.06. The van der Waals surface area contributed by atoms with Gasteiger partial charge in [0.25, 0.3) is 0 Å². The minimum absolute atomic E-state index is 0.404. The van der Waals surface area contributed by atoms with Crippen molar-refractivity contribution < 1.29 is 0 Å². The first kappa shape index (κ1) is 19.5. The molecule has 0 radical (unpaired) electrons. The van der Waals surface area contributed by atoms with Crippen LogP contribution in [0.5, 0.6) is 0 Å². The first-order valence-electron chi connectivity index (χ1n) is 9.45. The number of imidazole rings is 1. The van der Waals surface area contributed by atoms with Gasteiger partial charge in [0, 0.05) is 36.9 Å². The summed E-state index contributed by atoms with van der Waals surface area (Å²) < 4.78 is 2.12. The molecule has 0 spiro atoms. The third-order valence-electron chi connectivity index (χ3n) is 4.13. The van der Waals surface area contributed by atoms with E-state index < -0.39 is 0 Å². The second-order valence-corrected chi connectivity index (χ2v) is 6.83. The lowest BCUT2D eigenvalue weighted by Gasteiger charge is -2.10. The predicted molar refractivity (Wildman–Crippen MR) is 114 cm³/mol. The highest BCUT2D eigenvalue weighted by atomic mass is 15.1. The molecule has 0 fully saturated rings. The Morgan fingerprint density at radius 3 is 2.57 bits per heavy atom. The van der Waals surface area contributed by atoms with E-state index in [1.165, 1.54) is 5.56 Å². The standard InChI is InChI=1S/C22H26N6/c1-4-24-21(10-17(2)3)19-11-25-22(26-12-19)27-14-20-13-23-16-28(20)15-18-8-6-5-7-9-18/h4-13,16-17H,14-15H2,1-3H3,(H,25,26,27)/b21-10-,24-4?.